The summed E-state index contributed by atoms with van der Waals surface area (Å²) in [5.41, 5.74) is 1.75. The van der Waals surface area contributed by atoms with E-state index in [9.17, 15) is 14.4 Å². The van der Waals surface area contributed by atoms with Gasteiger partial charge in [0.15, 0.2) is 12.4 Å². The van der Waals surface area contributed by atoms with Gasteiger partial charge in [0.25, 0.3) is 5.91 Å². The molecule has 0 saturated carbocycles. The molecule has 1 amide bonds. The Hall–Kier alpha value is -3.15. The molecule has 6 heteroatoms. The van der Waals surface area contributed by atoms with Crippen molar-refractivity contribution in [3.05, 3.63) is 59.7 Å². The van der Waals surface area contributed by atoms with E-state index in [1.807, 2.05) is 0 Å². The zero-order chi connectivity index (χ0) is 17.5. The van der Waals surface area contributed by atoms with E-state index in [-0.39, 0.29) is 5.78 Å². The maximum absolute atomic E-state index is 12.1. The molecular weight excluding hydrogens is 308 g/mol. The zero-order valence-corrected chi connectivity index (χ0v) is 13.5. The highest BCUT2D eigenvalue weighted by Crippen LogP contribution is 2.17. The van der Waals surface area contributed by atoms with Crippen LogP contribution in [0.25, 0.3) is 0 Å². The van der Waals surface area contributed by atoms with Crippen molar-refractivity contribution in [3.63, 3.8) is 0 Å². The minimum atomic E-state index is -0.602. The Morgan fingerprint density at radius 2 is 1.50 bits per heavy atom. The molecule has 0 radical (unpaired) electrons. The molecule has 0 heterocycles. The summed E-state index contributed by atoms with van der Waals surface area (Å²) in [6.07, 6.45) is 0. The van der Waals surface area contributed by atoms with Crippen molar-refractivity contribution in [3.8, 4) is 0 Å². The number of ether oxygens (including phenoxy) is 1. The van der Waals surface area contributed by atoms with Gasteiger partial charge in [-0.15, -0.1) is 0 Å². The Labute approximate surface area is 139 Å². The Morgan fingerprint density at radius 1 is 0.917 bits per heavy atom. The average molecular weight is 326 g/mol. The lowest BCUT2D eigenvalue weighted by Crippen LogP contribution is -2.22. The normalized spacial score (nSPS) is 9.92. The molecule has 6 nitrogen and oxygen atoms in total. The second-order valence-corrected chi connectivity index (χ2v) is 5.02. The van der Waals surface area contributed by atoms with Crippen LogP contribution in [0.3, 0.4) is 0 Å². The smallest absolute Gasteiger partial charge is 0.340 e. The van der Waals surface area contributed by atoms with Crippen LogP contribution in [-0.2, 0) is 9.53 Å². The van der Waals surface area contributed by atoms with Gasteiger partial charge < -0.3 is 15.4 Å². The summed E-state index contributed by atoms with van der Waals surface area (Å²) >= 11 is 0. The molecule has 2 N–H and O–H groups in total. The van der Waals surface area contributed by atoms with Crippen LogP contribution in [0.15, 0.2) is 48.5 Å². The zero-order valence-electron chi connectivity index (χ0n) is 13.5. The highest BCUT2D eigenvalue weighted by Gasteiger charge is 2.15. The van der Waals surface area contributed by atoms with Crippen LogP contribution in [0.5, 0.6) is 0 Å². The minimum Gasteiger partial charge on any atom is -0.452 e. The van der Waals surface area contributed by atoms with Gasteiger partial charge in [-0.05, 0) is 31.2 Å². The highest BCUT2D eigenvalue weighted by atomic mass is 16.5. The first-order chi connectivity index (χ1) is 11.5. The third-order valence-electron chi connectivity index (χ3n) is 3.33. The Balaban J connectivity index is 1.99. The predicted molar refractivity (Wildman–Crippen MR) is 91.3 cm³/mol. The Kier molecular flexibility index (Phi) is 5.68. The molecule has 2 aromatic rings. The lowest BCUT2D eigenvalue weighted by molar-refractivity contribution is -0.119. The van der Waals surface area contributed by atoms with Crippen molar-refractivity contribution in [1.82, 2.24) is 0 Å². The molecule has 0 aliphatic carbocycles. The van der Waals surface area contributed by atoms with Crippen LogP contribution in [0.2, 0.25) is 0 Å². The summed E-state index contributed by atoms with van der Waals surface area (Å²) in [4.78, 5) is 35.5. The number of esters is 1. The summed E-state index contributed by atoms with van der Waals surface area (Å²) in [5.74, 6) is -1.28. The second kappa shape index (κ2) is 7.92. The minimum absolute atomic E-state index is 0.161. The maximum atomic E-state index is 12.1. The summed E-state index contributed by atoms with van der Waals surface area (Å²) in [6.45, 7) is 0.975. The van der Waals surface area contributed by atoms with E-state index < -0.39 is 18.5 Å². The molecule has 24 heavy (non-hydrogen) atoms. The molecular formula is C18H18N2O4. The van der Waals surface area contributed by atoms with Crippen LogP contribution >= 0.6 is 0 Å². The maximum Gasteiger partial charge on any atom is 0.340 e. The predicted octanol–water partition coefficient (Wildman–Crippen LogP) is 2.73. The van der Waals surface area contributed by atoms with Crippen LogP contribution in [0.4, 0.5) is 11.4 Å². The van der Waals surface area contributed by atoms with Crippen LogP contribution in [0.1, 0.15) is 27.6 Å². The molecule has 124 valence electrons. The van der Waals surface area contributed by atoms with E-state index in [1.54, 1.807) is 55.6 Å². The molecule has 0 fully saturated rings. The number of anilines is 2. The van der Waals surface area contributed by atoms with Gasteiger partial charge in [0.05, 0.1) is 11.3 Å². The number of amides is 1. The molecule has 0 aromatic heterocycles. The standard InChI is InChI=1S/C18H18N2O4/c1-12(21)13-7-3-6-10-16(13)20-17(22)11-24-18(23)14-8-4-5-9-15(14)19-2/h3-10,19H,11H2,1-2H3,(H,20,22). The van der Waals surface area contributed by atoms with E-state index in [2.05, 4.69) is 10.6 Å². The number of Topliss-reactive ketones (excluding diaryl/α,β-unsaturated/α-hetero) is 1. The monoisotopic (exact) mass is 326 g/mol. The second-order valence-electron chi connectivity index (χ2n) is 5.02. The molecule has 0 aliphatic rings. The van der Waals surface area contributed by atoms with Crippen LogP contribution in [0, 0.1) is 0 Å². The van der Waals surface area contributed by atoms with Gasteiger partial charge >= 0.3 is 5.97 Å². The van der Waals surface area contributed by atoms with Crippen molar-refractivity contribution in [2.24, 2.45) is 0 Å². The molecule has 0 bridgehead atoms. The number of ketones is 1. The third kappa shape index (κ3) is 4.19. The fourth-order valence-electron chi connectivity index (χ4n) is 2.17. The summed E-state index contributed by atoms with van der Waals surface area (Å²) in [6, 6.07) is 13.5. The Bertz CT molecular complexity index is 771. The summed E-state index contributed by atoms with van der Waals surface area (Å²) < 4.78 is 5.03. The number of hydrogen-bond acceptors (Lipinski definition) is 5. The Morgan fingerprint density at radius 3 is 2.12 bits per heavy atom. The van der Waals surface area contributed by atoms with Crippen molar-refractivity contribution in [2.75, 3.05) is 24.3 Å². The van der Waals surface area contributed by atoms with Gasteiger partial charge in [0.1, 0.15) is 0 Å². The first kappa shape index (κ1) is 17.2. The molecule has 2 rings (SSSR count). The molecule has 0 spiro atoms. The number of rotatable bonds is 6. The largest absolute Gasteiger partial charge is 0.452 e. The molecule has 0 aliphatic heterocycles. The average Bonchev–Trinajstić information content (AvgIpc) is 2.59. The number of hydrogen-bond donors (Lipinski definition) is 2. The number of benzene rings is 2. The first-order valence-corrected chi connectivity index (χ1v) is 7.36. The molecule has 0 saturated heterocycles. The molecule has 2 aromatic carbocycles. The van der Waals surface area contributed by atoms with E-state index in [0.29, 0.717) is 22.5 Å². The van der Waals surface area contributed by atoms with Gasteiger partial charge in [0.2, 0.25) is 0 Å². The third-order valence-corrected chi connectivity index (χ3v) is 3.33. The quantitative estimate of drug-likeness (QED) is 0.630. The highest BCUT2D eigenvalue weighted by molar-refractivity contribution is 6.04. The number of carbonyl (C=O) groups excluding carboxylic acids is 3. The lowest BCUT2D eigenvalue weighted by atomic mass is 10.1. The van der Waals surface area contributed by atoms with Crippen molar-refractivity contribution < 1.29 is 19.1 Å². The number of para-hydroxylation sites is 2. The van der Waals surface area contributed by atoms with Crippen molar-refractivity contribution in [2.45, 2.75) is 6.92 Å². The number of nitrogens with one attached hydrogen (secondary N) is 2. The van der Waals surface area contributed by atoms with E-state index >= 15 is 0 Å². The summed E-state index contributed by atoms with van der Waals surface area (Å²) in [5, 5.41) is 5.46. The van der Waals surface area contributed by atoms with Gasteiger partial charge in [-0.1, -0.05) is 24.3 Å². The van der Waals surface area contributed by atoms with Gasteiger partial charge in [-0.3, -0.25) is 9.59 Å². The van der Waals surface area contributed by atoms with Crippen molar-refractivity contribution in [1.29, 1.82) is 0 Å². The first-order valence-electron chi connectivity index (χ1n) is 7.36. The fraction of sp³-hybridized carbons (Fsp3) is 0.167. The van der Waals surface area contributed by atoms with Gasteiger partial charge in [-0.25, -0.2) is 4.79 Å². The summed E-state index contributed by atoms with van der Waals surface area (Å²) in [7, 11) is 1.69. The van der Waals surface area contributed by atoms with Crippen molar-refractivity contribution >= 4 is 29.0 Å². The van der Waals surface area contributed by atoms with E-state index in [4.69, 9.17) is 4.74 Å². The van der Waals surface area contributed by atoms with Crippen LogP contribution in [-0.4, -0.2) is 31.3 Å². The fourth-order valence-corrected chi connectivity index (χ4v) is 2.17. The topological polar surface area (TPSA) is 84.5 Å². The van der Waals surface area contributed by atoms with Gasteiger partial charge in [-0.2, -0.15) is 0 Å². The van der Waals surface area contributed by atoms with Gasteiger partial charge in [0, 0.05) is 18.3 Å². The number of carbonyl (C=O) groups is 3. The SMILES string of the molecule is CNc1ccccc1C(=O)OCC(=O)Nc1ccccc1C(C)=O. The van der Waals surface area contributed by atoms with E-state index in [1.165, 1.54) is 6.92 Å². The molecule has 0 atom stereocenters. The van der Waals surface area contributed by atoms with E-state index in [0.717, 1.165) is 0 Å². The van der Waals surface area contributed by atoms with Crippen LogP contribution < -0.4 is 10.6 Å². The lowest BCUT2D eigenvalue weighted by Gasteiger charge is -2.11. The molecule has 0 unspecified atom stereocenters.